The molecule has 1 aromatic rings. The Morgan fingerprint density at radius 3 is 2.92 bits per heavy atom. The Morgan fingerprint density at radius 2 is 2.31 bits per heavy atom. The van der Waals surface area contributed by atoms with Crippen LogP contribution in [0.5, 0.6) is 0 Å². The highest BCUT2D eigenvalue weighted by molar-refractivity contribution is 7.17. The molecule has 1 rings (SSSR count). The van der Waals surface area contributed by atoms with Crippen LogP contribution < -0.4 is 10.6 Å². The summed E-state index contributed by atoms with van der Waals surface area (Å²) in [5, 5.41) is 14.2. The van der Waals surface area contributed by atoms with Crippen molar-refractivity contribution in [2.24, 2.45) is 0 Å². The third-order valence-electron chi connectivity index (χ3n) is 1.37. The molecule has 72 valence electrons. The van der Waals surface area contributed by atoms with E-state index in [1.54, 1.807) is 7.05 Å². The standard InChI is InChI=1S/C7H12N4OS/c1-3-4-9-7-11-10-6(13-7)5(12)8-2/h3-4H2,1-2H3,(H,8,12)(H,9,11). The fraction of sp³-hybridized carbons (Fsp3) is 0.571. The van der Waals surface area contributed by atoms with Gasteiger partial charge in [0.15, 0.2) is 0 Å². The largest absolute Gasteiger partial charge is 0.360 e. The number of rotatable bonds is 4. The summed E-state index contributed by atoms with van der Waals surface area (Å²) in [7, 11) is 1.57. The van der Waals surface area contributed by atoms with Crippen LogP contribution in [0.15, 0.2) is 0 Å². The molecule has 0 aliphatic heterocycles. The van der Waals surface area contributed by atoms with Gasteiger partial charge in [-0.25, -0.2) is 0 Å². The van der Waals surface area contributed by atoms with Crippen LogP contribution in [0.1, 0.15) is 23.1 Å². The Labute approximate surface area is 80.6 Å². The Kier molecular flexibility index (Phi) is 3.63. The third kappa shape index (κ3) is 2.66. The zero-order valence-electron chi connectivity index (χ0n) is 7.63. The monoisotopic (exact) mass is 200 g/mol. The number of anilines is 1. The van der Waals surface area contributed by atoms with Crippen molar-refractivity contribution in [1.29, 1.82) is 0 Å². The number of hydrogen-bond donors (Lipinski definition) is 2. The maximum absolute atomic E-state index is 11.1. The fourth-order valence-corrected chi connectivity index (χ4v) is 1.44. The van der Waals surface area contributed by atoms with Gasteiger partial charge in [-0.15, -0.1) is 10.2 Å². The second-order valence-electron chi connectivity index (χ2n) is 2.42. The topological polar surface area (TPSA) is 66.9 Å². The molecule has 0 aliphatic rings. The van der Waals surface area contributed by atoms with Crippen molar-refractivity contribution < 1.29 is 4.79 Å². The first-order chi connectivity index (χ1) is 6.27. The lowest BCUT2D eigenvalue weighted by molar-refractivity contribution is 0.0962. The first-order valence-corrected chi connectivity index (χ1v) is 4.89. The van der Waals surface area contributed by atoms with Crippen LogP contribution >= 0.6 is 11.3 Å². The van der Waals surface area contributed by atoms with E-state index >= 15 is 0 Å². The Hall–Kier alpha value is -1.17. The van der Waals surface area contributed by atoms with E-state index in [4.69, 9.17) is 0 Å². The summed E-state index contributed by atoms with van der Waals surface area (Å²) in [5.41, 5.74) is 0. The predicted octanol–water partition coefficient (Wildman–Crippen LogP) is 0.720. The van der Waals surface area contributed by atoms with E-state index in [1.807, 2.05) is 0 Å². The van der Waals surface area contributed by atoms with Crippen molar-refractivity contribution >= 4 is 22.4 Å². The van der Waals surface area contributed by atoms with Gasteiger partial charge in [-0.1, -0.05) is 18.3 Å². The van der Waals surface area contributed by atoms with Gasteiger partial charge in [0.1, 0.15) is 0 Å². The summed E-state index contributed by atoms with van der Waals surface area (Å²) in [4.78, 5) is 11.1. The second-order valence-corrected chi connectivity index (χ2v) is 3.40. The predicted molar refractivity (Wildman–Crippen MR) is 52.1 cm³/mol. The number of nitrogens with zero attached hydrogens (tertiary/aromatic N) is 2. The SMILES string of the molecule is CCCNc1nnc(C(=O)NC)s1. The number of aromatic nitrogens is 2. The third-order valence-corrected chi connectivity index (χ3v) is 2.25. The molecular weight excluding hydrogens is 188 g/mol. The summed E-state index contributed by atoms with van der Waals surface area (Å²) < 4.78 is 0. The summed E-state index contributed by atoms with van der Waals surface area (Å²) in [6, 6.07) is 0. The minimum atomic E-state index is -0.193. The van der Waals surface area contributed by atoms with E-state index in [9.17, 15) is 4.79 Å². The Morgan fingerprint density at radius 1 is 1.54 bits per heavy atom. The maximum Gasteiger partial charge on any atom is 0.282 e. The van der Waals surface area contributed by atoms with E-state index in [0.29, 0.717) is 10.1 Å². The highest BCUT2D eigenvalue weighted by atomic mass is 32.1. The minimum Gasteiger partial charge on any atom is -0.360 e. The summed E-state index contributed by atoms with van der Waals surface area (Å²) in [6.07, 6.45) is 1.02. The molecule has 0 saturated carbocycles. The van der Waals surface area contributed by atoms with E-state index in [1.165, 1.54) is 11.3 Å². The highest BCUT2D eigenvalue weighted by Crippen LogP contribution is 2.14. The molecule has 0 atom stereocenters. The molecule has 0 radical (unpaired) electrons. The molecule has 2 N–H and O–H groups in total. The molecular formula is C7H12N4OS. The number of nitrogens with one attached hydrogen (secondary N) is 2. The van der Waals surface area contributed by atoms with E-state index in [2.05, 4.69) is 27.8 Å². The van der Waals surface area contributed by atoms with Crippen molar-refractivity contribution in [3.8, 4) is 0 Å². The Balaban J connectivity index is 2.58. The first kappa shape index (κ1) is 9.91. The lowest BCUT2D eigenvalue weighted by atomic mass is 10.5. The van der Waals surface area contributed by atoms with Gasteiger partial charge in [0.05, 0.1) is 0 Å². The van der Waals surface area contributed by atoms with Gasteiger partial charge in [-0.05, 0) is 6.42 Å². The van der Waals surface area contributed by atoms with Gasteiger partial charge < -0.3 is 10.6 Å². The van der Waals surface area contributed by atoms with Gasteiger partial charge in [-0.3, -0.25) is 4.79 Å². The molecule has 0 aromatic carbocycles. The molecule has 0 unspecified atom stereocenters. The van der Waals surface area contributed by atoms with Crippen molar-refractivity contribution in [1.82, 2.24) is 15.5 Å². The van der Waals surface area contributed by atoms with Crippen LogP contribution in [0.25, 0.3) is 0 Å². The van der Waals surface area contributed by atoms with Gasteiger partial charge in [0.25, 0.3) is 5.91 Å². The van der Waals surface area contributed by atoms with Crippen molar-refractivity contribution in [3.05, 3.63) is 5.01 Å². The first-order valence-electron chi connectivity index (χ1n) is 4.07. The molecule has 1 heterocycles. The van der Waals surface area contributed by atoms with E-state index in [0.717, 1.165) is 13.0 Å². The molecule has 1 amide bonds. The quantitative estimate of drug-likeness (QED) is 0.751. The van der Waals surface area contributed by atoms with Gasteiger partial charge in [0, 0.05) is 13.6 Å². The average Bonchev–Trinajstić information content (AvgIpc) is 2.62. The summed E-state index contributed by atoms with van der Waals surface area (Å²) in [5.74, 6) is -0.193. The summed E-state index contributed by atoms with van der Waals surface area (Å²) >= 11 is 1.26. The van der Waals surface area contributed by atoms with Gasteiger partial charge in [0.2, 0.25) is 10.1 Å². The molecule has 0 fully saturated rings. The molecule has 0 spiro atoms. The van der Waals surface area contributed by atoms with Crippen LogP contribution in [0.3, 0.4) is 0 Å². The lowest BCUT2D eigenvalue weighted by Crippen LogP contribution is -2.17. The van der Waals surface area contributed by atoms with Crippen LogP contribution in [-0.2, 0) is 0 Å². The van der Waals surface area contributed by atoms with Gasteiger partial charge in [-0.2, -0.15) is 0 Å². The van der Waals surface area contributed by atoms with Gasteiger partial charge >= 0.3 is 0 Å². The van der Waals surface area contributed by atoms with E-state index in [-0.39, 0.29) is 5.91 Å². The van der Waals surface area contributed by atoms with Crippen molar-refractivity contribution in [2.45, 2.75) is 13.3 Å². The minimum absolute atomic E-state index is 0.193. The number of carbonyl (C=O) groups is 1. The average molecular weight is 200 g/mol. The maximum atomic E-state index is 11.1. The zero-order chi connectivity index (χ0) is 9.68. The molecule has 0 aliphatic carbocycles. The zero-order valence-corrected chi connectivity index (χ0v) is 8.44. The molecule has 5 nitrogen and oxygen atoms in total. The van der Waals surface area contributed by atoms with Crippen molar-refractivity contribution in [2.75, 3.05) is 18.9 Å². The van der Waals surface area contributed by atoms with Crippen LogP contribution in [0.2, 0.25) is 0 Å². The Bertz CT molecular complexity index is 286. The number of hydrogen-bond acceptors (Lipinski definition) is 5. The molecule has 0 bridgehead atoms. The van der Waals surface area contributed by atoms with E-state index < -0.39 is 0 Å². The second kappa shape index (κ2) is 4.76. The smallest absolute Gasteiger partial charge is 0.282 e. The fourth-order valence-electron chi connectivity index (χ4n) is 0.725. The molecule has 13 heavy (non-hydrogen) atoms. The lowest BCUT2D eigenvalue weighted by Gasteiger charge is -1.95. The highest BCUT2D eigenvalue weighted by Gasteiger charge is 2.09. The number of carbonyl (C=O) groups excluding carboxylic acids is 1. The van der Waals surface area contributed by atoms with Crippen LogP contribution in [-0.4, -0.2) is 29.7 Å². The number of amides is 1. The normalized spacial score (nSPS) is 9.69. The summed E-state index contributed by atoms with van der Waals surface area (Å²) in [6.45, 7) is 2.91. The van der Waals surface area contributed by atoms with Crippen molar-refractivity contribution in [3.63, 3.8) is 0 Å². The van der Waals surface area contributed by atoms with Crippen LogP contribution in [0.4, 0.5) is 5.13 Å². The molecule has 1 aromatic heterocycles. The molecule has 0 saturated heterocycles. The molecule has 6 heteroatoms. The van der Waals surface area contributed by atoms with Crippen LogP contribution in [0, 0.1) is 0 Å².